The second kappa shape index (κ2) is 8.58. The Morgan fingerprint density at radius 3 is 2.97 bits per heavy atom. The second-order valence-corrected chi connectivity index (χ2v) is 8.32. The third-order valence-electron chi connectivity index (χ3n) is 6.07. The average molecular weight is 436 g/mol. The Bertz CT molecular complexity index is 1140. The lowest BCUT2D eigenvalue weighted by molar-refractivity contribution is 0.0782. The number of nitrogens with zero attached hydrogens (tertiary/aromatic N) is 4. The van der Waals surface area contributed by atoms with Gasteiger partial charge in [-0.05, 0) is 37.4 Å². The Balaban J connectivity index is 1.37. The van der Waals surface area contributed by atoms with Gasteiger partial charge < -0.3 is 20.9 Å². The van der Waals surface area contributed by atoms with E-state index in [-0.39, 0.29) is 11.6 Å². The number of carbonyl (C=O) groups excluding carboxylic acids is 1. The molecule has 3 aromatic rings. The molecule has 0 spiro atoms. The predicted octanol–water partition coefficient (Wildman–Crippen LogP) is 3.46. The maximum Gasteiger partial charge on any atom is 0.255 e. The molecule has 1 aromatic carbocycles. The van der Waals surface area contributed by atoms with E-state index >= 15 is 0 Å². The van der Waals surface area contributed by atoms with E-state index in [1.54, 1.807) is 30.3 Å². The van der Waals surface area contributed by atoms with Crippen LogP contribution in [0.2, 0.25) is 0 Å². The minimum atomic E-state index is -0.492. The number of benzene rings is 1. The van der Waals surface area contributed by atoms with E-state index in [9.17, 15) is 9.18 Å². The highest BCUT2D eigenvalue weighted by Crippen LogP contribution is 2.30. The first-order valence-electron chi connectivity index (χ1n) is 10.9. The van der Waals surface area contributed by atoms with E-state index in [0.29, 0.717) is 29.7 Å². The van der Waals surface area contributed by atoms with Crippen molar-refractivity contribution < 1.29 is 9.18 Å². The van der Waals surface area contributed by atoms with Gasteiger partial charge in [0.25, 0.3) is 5.91 Å². The number of fused-ring (bicyclic) bond motifs is 1. The molecule has 1 saturated heterocycles. The standard InChI is InChI=1S/C23H26FN7O/c1-30-9-7-15-4-2-6-19(22(15)23(30)32)29-20-10-21(26-13-18(20)24)28-16-11-27-31(14-16)17-5-3-8-25-12-17/h2,4,6,10-11,13-14,17,25H,3,5,7-9,12H2,1H3,(H2,26,28,29). The number of carbonyl (C=O) groups is 1. The summed E-state index contributed by atoms with van der Waals surface area (Å²) >= 11 is 0. The first-order valence-corrected chi connectivity index (χ1v) is 10.9. The van der Waals surface area contributed by atoms with Gasteiger partial charge in [-0.15, -0.1) is 0 Å². The van der Waals surface area contributed by atoms with Gasteiger partial charge >= 0.3 is 0 Å². The van der Waals surface area contributed by atoms with Crippen LogP contribution in [0.1, 0.15) is 34.8 Å². The molecule has 2 aliphatic heterocycles. The van der Waals surface area contributed by atoms with E-state index in [1.807, 2.05) is 23.0 Å². The van der Waals surface area contributed by atoms with Crippen molar-refractivity contribution in [2.45, 2.75) is 25.3 Å². The number of rotatable bonds is 5. The van der Waals surface area contributed by atoms with Gasteiger partial charge in [0.05, 0.1) is 41.1 Å². The van der Waals surface area contributed by atoms with E-state index in [4.69, 9.17) is 0 Å². The van der Waals surface area contributed by atoms with E-state index in [2.05, 4.69) is 26.0 Å². The van der Waals surface area contributed by atoms with Crippen LogP contribution in [0.25, 0.3) is 0 Å². The zero-order valence-corrected chi connectivity index (χ0v) is 17.9. The lowest BCUT2D eigenvalue weighted by Gasteiger charge is -2.27. The summed E-state index contributed by atoms with van der Waals surface area (Å²) in [6.45, 7) is 2.63. The number of likely N-dealkylation sites (N-methyl/N-ethyl adjacent to an activating group) is 1. The van der Waals surface area contributed by atoms with Gasteiger partial charge in [0.2, 0.25) is 0 Å². The maximum atomic E-state index is 14.6. The SMILES string of the molecule is CN1CCc2cccc(Nc3cc(Nc4cnn(C5CCCNC5)c4)ncc3F)c2C1=O. The van der Waals surface area contributed by atoms with Crippen molar-refractivity contribution in [3.63, 3.8) is 0 Å². The van der Waals surface area contributed by atoms with Gasteiger partial charge in [-0.25, -0.2) is 9.37 Å². The van der Waals surface area contributed by atoms with Crippen LogP contribution < -0.4 is 16.0 Å². The molecule has 8 nitrogen and oxygen atoms in total. The Labute approximate surface area is 185 Å². The molecule has 9 heteroatoms. The number of piperidine rings is 1. The molecule has 1 amide bonds. The topological polar surface area (TPSA) is 87.1 Å². The maximum absolute atomic E-state index is 14.6. The molecule has 0 saturated carbocycles. The third-order valence-corrected chi connectivity index (χ3v) is 6.07. The highest BCUT2D eigenvalue weighted by atomic mass is 19.1. The van der Waals surface area contributed by atoms with Crippen LogP contribution in [-0.2, 0) is 6.42 Å². The van der Waals surface area contributed by atoms with Crippen molar-refractivity contribution in [3.05, 3.63) is 59.8 Å². The summed E-state index contributed by atoms with van der Waals surface area (Å²) < 4.78 is 16.5. The summed E-state index contributed by atoms with van der Waals surface area (Å²) in [5.41, 5.74) is 3.19. The Kier molecular flexibility index (Phi) is 5.48. The molecule has 5 rings (SSSR count). The number of hydrogen-bond acceptors (Lipinski definition) is 6. The summed E-state index contributed by atoms with van der Waals surface area (Å²) in [6.07, 6.45) is 7.85. The number of aromatic nitrogens is 3. The lowest BCUT2D eigenvalue weighted by atomic mass is 9.97. The largest absolute Gasteiger partial charge is 0.352 e. The molecule has 166 valence electrons. The number of nitrogens with one attached hydrogen (secondary N) is 3. The number of pyridine rings is 1. The van der Waals surface area contributed by atoms with E-state index in [1.165, 1.54) is 6.20 Å². The van der Waals surface area contributed by atoms with Gasteiger partial charge in [0.15, 0.2) is 5.82 Å². The van der Waals surface area contributed by atoms with E-state index < -0.39 is 5.82 Å². The number of amides is 1. The first kappa shape index (κ1) is 20.4. The minimum absolute atomic E-state index is 0.0632. The van der Waals surface area contributed by atoms with Crippen LogP contribution in [0.5, 0.6) is 0 Å². The van der Waals surface area contributed by atoms with Crippen LogP contribution >= 0.6 is 0 Å². The van der Waals surface area contributed by atoms with Crippen molar-refractivity contribution in [2.75, 3.05) is 37.3 Å². The van der Waals surface area contributed by atoms with Gasteiger partial charge in [-0.3, -0.25) is 9.48 Å². The Hall–Kier alpha value is -3.46. The molecule has 2 aromatic heterocycles. The fourth-order valence-electron chi connectivity index (χ4n) is 4.30. The normalized spacial score (nSPS) is 18.4. The van der Waals surface area contributed by atoms with Crippen LogP contribution in [0.15, 0.2) is 42.9 Å². The molecule has 1 unspecified atom stereocenters. The monoisotopic (exact) mass is 435 g/mol. The van der Waals surface area contributed by atoms with E-state index in [0.717, 1.165) is 43.6 Å². The summed E-state index contributed by atoms with van der Waals surface area (Å²) in [7, 11) is 1.78. The number of halogens is 1. The molecule has 4 heterocycles. The fraction of sp³-hybridized carbons (Fsp3) is 0.348. The summed E-state index contributed by atoms with van der Waals surface area (Å²) in [4.78, 5) is 18.6. The first-order chi connectivity index (χ1) is 15.6. The summed E-state index contributed by atoms with van der Waals surface area (Å²) in [5.74, 6) is -0.0658. The van der Waals surface area contributed by atoms with Crippen LogP contribution in [0, 0.1) is 5.82 Å². The molecular formula is C23H26FN7O. The van der Waals surface area contributed by atoms with Crippen molar-refractivity contribution in [3.8, 4) is 0 Å². The average Bonchev–Trinajstić information content (AvgIpc) is 3.28. The summed E-state index contributed by atoms with van der Waals surface area (Å²) in [6, 6.07) is 7.56. The predicted molar refractivity (Wildman–Crippen MR) is 121 cm³/mol. The van der Waals surface area contributed by atoms with Crippen molar-refractivity contribution in [1.29, 1.82) is 0 Å². The van der Waals surface area contributed by atoms with Gasteiger partial charge in [-0.2, -0.15) is 5.10 Å². The van der Waals surface area contributed by atoms with Gasteiger partial charge in [0.1, 0.15) is 5.82 Å². The second-order valence-electron chi connectivity index (χ2n) is 8.32. The van der Waals surface area contributed by atoms with Crippen LogP contribution in [-0.4, -0.2) is 52.3 Å². The van der Waals surface area contributed by atoms with Crippen LogP contribution in [0.3, 0.4) is 0 Å². The molecule has 1 fully saturated rings. The van der Waals surface area contributed by atoms with Crippen molar-refractivity contribution in [1.82, 2.24) is 25.0 Å². The Morgan fingerprint density at radius 1 is 1.22 bits per heavy atom. The molecule has 0 aliphatic carbocycles. The highest BCUT2D eigenvalue weighted by molar-refractivity contribution is 6.02. The van der Waals surface area contributed by atoms with Crippen molar-refractivity contribution in [2.24, 2.45) is 0 Å². The third kappa shape index (κ3) is 4.03. The van der Waals surface area contributed by atoms with Crippen LogP contribution in [0.4, 0.5) is 27.3 Å². The van der Waals surface area contributed by atoms with Crippen molar-refractivity contribution >= 4 is 28.8 Å². The van der Waals surface area contributed by atoms with Gasteiger partial charge in [-0.1, -0.05) is 12.1 Å². The minimum Gasteiger partial charge on any atom is -0.352 e. The molecule has 3 N–H and O–H groups in total. The lowest BCUT2D eigenvalue weighted by Crippen LogP contribution is -2.34. The zero-order chi connectivity index (χ0) is 22.1. The molecule has 2 aliphatic rings. The van der Waals surface area contributed by atoms with Gasteiger partial charge in [0, 0.05) is 32.4 Å². The highest BCUT2D eigenvalue weighted by Gasteiger charge is 2.25. The molecular weight excluding hydrogens is 409 g/mol. The summed E-state index contributed by atoms with van der Waals surface area (Å²) in [5, 5.41) is 14.1. The zero-order valence-electron chi connectivity index (χ0n) is 17.9. The molecule has 0 bridgehead atoms. The quantitative estimate of drug-likeness (QED) is 0.569. The smallest absolute Gasteiger partial charge is 0.255 e. The molecule has 1 atom stereocenters. The molecule has 0 radical (unpaired) electrons. The number of anilines is 4. The fourth-order valence-corrected chi connectivity index (χ4v) is 4.30. The Morgan fingerprint density at radius 2 is 2.12 bits per heavy atom. The molecule has 32 heavy (non-hydrogen) atoms. The number of hydrogen-bond donors (Lipinski definition) is 3.